The summed E-state index contributed by atoms with van der Waals surface area (Å²) in [6, 6.07) is 12.0. The predicted octanol–water partition coefficient (Wildman–Crippen LogP) is 3.51. The normalized spacial score (nSPS) is 26.9. The van der Waals surface area contributed by atoms with Crippen molar-refractivity contribution in [3.05, 3.63) is 75.4 Å². The number of carbonyl (C=O) groups is 3. The van der Waals surface area contributed by atoms with Crippen LogP contribution in [0.5, 0.6) is 5.75 Å². The highest BCUT2D eigenvalue weighted by molar-refractivity contribution is 7.17. The van der Waals surface area contributed by atoms with Gasteiger partial charge in [-0.15, -0.1) is 11.3 Å². The van der Waals surface area contributed by atoms with Gasteiger partial charge in [0.15, 0.2) is 0 Å². The quantitative estimate of drug-likeness (QED) is 0.436. The van der Waals surface area contributed by atoms with Crippen molar-refractivity contribution in [3.63, 3.8) is 0 Å². The number of imide groups is 1. The smallest absolute Gasteiger partial charge is 0.250 e. The SMILES string of the molecule is N#Cc1c(N2C(=O)[C@@H]3[C@H](Cc4ccc(O)cc4)N[C@@]4(C(=O)Nc5ccc(F)cc54)[C@@H]3C2=O)sc2c1CCCC2. The van der Waals surface area contributed by atoms with Crippen LogP contribution in [0.1, 0.15) is 40.0 Å². The molecule has 4 heterocycles. The van der Waals surface area contributed by atoms with E-state index in [1.807, 2.05) is 0 Å². The van der Waals surface area contributed by atoms with E-state index in [4.69, 9.17) is 0 Å². The zero-order valence-corrected chi connectivity index (χ0v) is 21.5. The largest absolute Gasteiger partial charge is 0.508 e. The number of aromatic hydroxyl groups is 1. The zero-order valence-electron chi connectivity index (χ0n) is 20.7. The van der Waals surface area contributed by atoms with Crippen LogP contribution in [0.2, 0.25) is 0 Å². The highest BCUT2D eigenvalue weighted by atomic mass is 32.1. The van der Waals surface area contributed by atoms with Gasteiger partial charge in [0.2, 0.25) is 17.7 Å². The fourth-order valence-electron chi connectivity index (χ4n) is 6.86. The molecule has 2 saturated heterocycles. The third-order valence-electron chi connectivity index (χ3n) is 8.54. The molecule has 2 aromatic carbocycles. The molecule has 3 aliphatic heterocycles. The Morgan fingerprint density at radius 1 is 1.10 bits per heavy atom. The van der Waals surface area contributed by atoms with Crippen LogP contribution in [0.4, 0.5) is 15.1 Å². The topological polar surface area (TPSA) is 123 Å². The molecular formula is C29H23FN4O4S. The van der Waals surface area contributed by atoms with Gasteiger partial charge in [-0.3, -0.25) is 19.7 Å². The van der Waals surface area contributed by atoms with Crippen LogP contribution in [-0.2, 0) is 39.2 Å². The van der Waals surface area contributed by atoms with Crippen molar-refractivity contribution in [3.8, 4) is 11.8 Å². The van der Waals surface area contributed by atoms with E-state index in [9.17, 15) is 29.1 Å². The first kappa shape index (κ1) is 24.0. The van der Waals surface area contributed by atoms with Crippen molar-refractivity contribution in [1.82, 2.24) is 5.32 Å². The number of hydrogen-bond donors (Lipinski definition) is 3. The van der Waals surface area contributed by atoms with Crippen LogP contribution in [0.25, 0.3) is 0 Å². The molecular weight excluding hydrogens is 519 g/mol. The number of phenolic OH excluding ortho intramolecular Hbond substituents is 1. The van der Waals surface area contributed by atoms with Gasteiger partial charge in [0.05, 0.1) is 17.4 Å². The van der Waals surface area contributed by atoms with Crippen molar-refractivity contribution in [2.75, 3.05) is 10.2 Å². The van der Waals surface area contributed by atoms with Crippen LogP contribution < -0.4 is 15.5 Å². The van der Waals surface area contributed by atoms with Gasteiger partial charge in [-0.05, 0) is 73.6 Å². The highest BCUT2D eigenvalue weighted by Crippen LogP contribution is 2.55. The van der Waals surface area contributed by atoms with Gasteiger partial charge >= 0.3 is 0 Å². The Morgan fingerprint density at radius 3 is 2.64 bits per heavy atom. The fraction of sp³-hybridized carbons (Fsp3) is 0.310. The van der Waals surface area contributed by atoms with Gasteiger partial charge in [0.25, 0.3) is 0 Å². The van der Waals surface area contributed by atoms with Gasteiger partial charge in [-0.25, -0.2) is 9.29 Å². The second-order valence-corrected chi connectivity index (χ2v) is 11.7. The summed E-state index contributed by atoms with van der Waals surface area (Å²) in [5.74, 6) is -4.05. The molecule has 3 aromatic rings. The Labute approximate surface area is 227 Å². The summed E-state index contributed by atoms with van der Waals surface area (Å²) in [5.41, 5.74) is 1.10. The number of halogens is 1. The third-order valence-corrected chi connectivity index (χ3v) is 9.81. The maximum atomic E-state index is 14.5. The summed E-state index contributed by atoms with van der Waals surface area (Å²) >= 11 is 1.31. The van der Waals surface area contributed by atoms with Crippen LogP contribution in [0, 0.1) is 29.0 Å². The summed E-state index contributed by atoms with van der Waals surface area (Å²) in [5, 5.41) is 26.2. The van der Waals surface area contributed by atoms with E-state index in [1.165, 1.54) is 41.7 Å². The summed E-state index contributed by atoms with van der Waals surface area (Å²) < 4.78 is 14.5. The number of nitriles is 1. The number of fused-ring (bicyclic) bond motifs is 5. The van der Waals surface area contributed by atoms with E-state index in [0.29, 0.717) is 28.2 Å². The first-order chi connectivity index (χ1) is 18.8. The molecule has 10 heteroatoms. The molecule has 1 spiro atoms. The third kappa shape index (κ3) is 3.27. The average Bonchev–Trinajstić information content (AvgIpc) is 3.61. The lowest BCUT2D eigenvalue weighted by atomic mass is 9.76. The second kappa shape index (κ2) is 8.46. The molecule has 1 aliphatic carbocycles. The average molecular weight is 543 g/mol. The van der Waals surface area contributed by atoms with Gasteiger partial charge in [0, 0.05) is 22.2 Å². The lowest BCUT2D eigenvalue weighted by molar-refractivity contribution is -0.130. The Balaban J connectivity index is 1.38. The Morgan fingerprint density at radius 2 is 1.87 bits per heavy atom. The number of thiophene rings is 1. The van der Waals surface area contributed by atoms with Crippen LogP contribution in [0.3, 0.4) is 0 Å². The van der Waals surface area contributed by atoms with E-state index in [1.54, 1.807) is 12.1 Å². The number of aryl methyl sites for hydroxylation is 1. The Kier molecular flexibility index (Phi) is 5.21. The Bertz CT molecular complexity index is 1630. The molecule has 196 valence electrons. The standard InChI is InChI=1S/C29H23FN4O4S/c30-15-7-10-20-19(12-15)29(28(38)32-20)24-23(21(33-29)11-14-5-8-16(35)9-6-14)25(36)34(26(24)37)27-18(13-31)17-3-1-2-4-22(17)39-27/h5-10,12,21,23-24,33,35H,1-4,11H2,(H,32,38)/t21-,23+,24-,29+/m0/s1. The summed E-state index contributed by atoms with van der Waals surface area (Å²) in [6.07, 6.45) is 3.73. The Hall–Kier alpha value is -4.07. The van der Waals surface area contributed by atoms with Crippen molar-refractivity contribution in [2.24, 2.45) is 11.8 Å². The summed E-state index contributed by atoms with van der Waals surface area (Å²) in [7, 11) is 0. The van der Waals surface area contributed by atoms with E-state index in [2.05, 4.69) is 16.7 Å². The molecule has 39 heavy (non-hydrogen) atoms. The molecule has 2 fully saturated rings. The minimum atomic E-state index is -1.64. The van der Waals surface area contributed by atoms with Crippen LogP contribution in [-0.4, -0.2) is 28.9 Å². The van der Waals surface area contributed by atoms with Gasteiger partial charge in [-0.1, -0.05) is 12.1 Å². The number of benzene rings is 2. The number of nitrogens with zero attached hydrogens (tertiary/aromatic N) is 2. The molecule has 3 N–H and O–H groups in total. The molecule has 3 amide bonds. The van der Waals surface area contributed by atoms with Crippen molar-refractivity contribution in [2.45, 2.75) is 43.7 Å². The lowest BCUT2D eigenvalue weighted by Crippen LogP contribution is -2.53. The van der Waals surface area contributed by atoms with Crippen molar-refractivity contribution >= 4 is 39.7 Å². The first-order valence-electron chi connectivity index (χ1n) is 12.9. The molecule has 0 unspecified atom stereocenters. The molecule has 7 rings (SSSR count). The number of hydrogen-bond acceptors (Lipinski definition) is 7. The van der Waals surface area contributed by atoms with Crippen molar-refractivity contribution in [1.29, 1.82) is 5.26 Å². The van der Waals surface area contributed by atoms with E-state index < -0.39 is 47.0 Å². The molecule has 8 nitrogen and oxygen atoms in total. The molecule has 1 aromatic heterocycles. The van der Waals surface area contributed by atoms with Gasteiger partial charge < -0.3 is 10.4 Å². The number of rotatable bonds is 3. The molecule has 0 bridgehead atoms. The number of nitrogens with one attached hydrogen (secondary N) is 2. The molecule has 0 saturated carbocycles. The predicted molar refractivity (Wildman–Crippen MR) is 141 cm³/mol. The fourth-order valence-corrected chi connectivity index (χ4v) is 8.21. The molecule has 4 aliphatic rings. The van der Waals surface area contributed by atoms with Gasteiger partial charge in [0.1, 0.15) is 28.2 Å². The lowest BCUT2D eigenvalue weighted by Gasteiger charge is -2.29. The van der Waals surface area contributed by atoms with Crippen LogP contribution >= 0.6 is 11.3 Å². The maximum Gasteiger partial charge on any atom is 0.250 e. The zero-order chi connectivity index (χ0) is 27.1. The molecule has 0 radical (unpaired) electrons. The second-order valence-electron chi connectivity index (χ2n) is 10.6. The number of amides is 3. The maximum absolute atomic E-state index is 14.5. The number of carbonyl (C=O) groups excluding carboxylic acids is 3. The monoisotopic (exact) mass is 542 g/mol. The highest BCUT2D eigenvalue weighted by Gasteiger charge is 2.71. The van der Waals surface area contributed by atoms with Crippen molar-refractivity contribution < 1.29 is 23.9 Å². The van der Waals surface area contributed by atoms with Crippen LogP contribution in [0.15, 0.2) is 42.5 Å². The minimum Gasteiger partial charge on any atom is -0.508 e. The van der Waals surface area contributed by atoms with E-state index >= 15 is 0 Å². The summed E-state index contributed by atoms with van der Waals surface area (Å²) in [4.78, 5) is 44.3. The van der Waals surface area contributed by atoms with Gasteiger partial charge in [-0.2, -0.15) is 5.26 Å². The first-order valence-corrected chi connectivity index (χ1v) is 13.7. The van der Waals surface area contributed by atoms with E-state index in [-0.39, 0.29) is 5.75 Å². The van der Waals surface area contributed by atoms with E-state index in [0.717, 1.165) is 46.6 Å². The molecule has 4 atom stereocenters. The number of phenols is 1. The number of anilines is 2. The minimum absolute atomic E-state index is 0.0936. The summed E-state index contributed by atoms with van der Waals surface area (Å²) in [6.45, 7) is 0.